The number of H-pyrrole nitrogens is 1. The van der Waals surface area contributed by atoms with E-state index >= 15 is 0 Å². The SMILES string of the molecule is CCc1ccccc1C(=O)CCCCC[C@H](NC(=O)c1cncs1)c1ncc(-c2ccc3ccccc3c2)[nH]1. The van der Waals surface area contributed by atoms with Crippen LogP contribution in [0.5, 0.6) is 0 Å². The highest BCUT2D eigenvalue weighted by molar-refractivity contribution is 7.11. The number of aryl methyl sites for hydroxylation is 1. The van der Waals surface area contributed by atoms with Crippen molar-refractivity contribution in [2.24, 2.45) is 0 Å². The van der Waals surface area contributed by atoms with Gasteiger partial charge in [-0.05, 0) is 41.7 Å². The lowest BCUT2D eigenvalue weighted by Crippen LogP contribution is -2.28. The molecule has 2 heterocycles. The van der Waals surface area contributed by atoms with Crippen LogP contribution < -0.4 is 5.32 Å². The van der Waals surface area contributed by atoms with Gasteiger partial charge >= 0.3 is 0 Å². The Morgan fingerprint density at radius 2 is 1.77 bits per heavy atom. The fraction of sp³-hybridized carbons (Fsp3) is 0.250. The number of unbranched alkanes of at least 4 members (excludes halogenated alkanes) is 2. The fourth-order valence-corrected chi connectivity index (χ4v) is 5.42. The molecule has 0 aliphatic heterocycles. The number of nitrogens with zero attached hydrogens (tertiary/aromatic N) is 2. The summed E-state index contributed by atoms with van der Waals surface area (Å²) in [6.45, 7) is 2.08. The van der Waals surface area contributed by atoms with Crippen molar-refractivity contribution in [2.45, 2.75) is 51.5 Å². The van der Waals surface area contributed by atoms with Crippen LogP contribution in [0, 0.1) is 0 Å². The molecule has 3 aromatic carbocycles. The molecular weight excluding hydrogens is 504 g/mol. The number of Topliss-reactive ketones (excluding diaryl/α,β-unsaturated/α-hetero) is 1. The van der Waals surface area contributed by atoms with Crippen LogP contribution in [0.15, 0.2) is 84.6 Å². The molecule has 0 aliphatic rings. The summed E-state index contributed by atoms with van der Waals surface area (Å²) in [5.41, 5.74) is 5.56. The third-order valence-electron chi connectivity index (χ3n) is 7.04. The molecule has 39 heavy (non-hydrogen) atoms. The second kappa shape index (κ2) is 12.6. The zero-order valence-electron chi connectivity index (χ0n) is 22.0. The Balaban J connectivity index is 1.24. The monoisotopic (exact) mass is 536 g/mol. The number of amides is 1. The molecule has 1 atom stereocenters. The van der Waals surface area contributed by atoms with Crippen molar-refractivity contribution >= 4 is 33.8 Å². The predicted molar refractivity (Wildman–Crippen MR) is 157 cm³/mol. The lowest BCUT2D eigenvalue weighted by molar-refractivity contribution is 0.0935. The molecule has 6 nitrogen and oxygen atoms in total. The highest BCUT2D eigenvalue weighted by atomic mass is 32.1. The van der Waals surface area contributed by atoms with Crippen molar-refractivity contribution < 1.29 is 9.59 Å². The van der Waals surface area contributed by atoms with E-state index < -0.39 is 0 Å². The Labute approximate surface area is 232 Å². The minimum absolute atomic E-state index is 0.155. The van der Waals surface area contributed by atoms with E-state index in [0.717, 1.165) is 65.7 Å². The number of nitrogens with one attached hydrogen (secondary N) is 2. The Hall–Kier alpha value is -4.10. The topological polar surface area (TPSA) is 87.7 Å². The number of carbonyl (C=O) groups excluding carboxylic acids is 2. The van der Waals surface area contributed by atoms with E-state index in [0.29, 0.717) is 11.3 Å². The average molecular weight is 537 g/mol. The van der Waals surface area contributed by atoms with Gasteiger partial charge in [-0.2, -0.15) is 0 Å². The van der Waals surface area contributed by atoms with Gasteiger partial charge in [0.2, 0.25) is 0 Å². The number of fused-ring (bicyclic) bond motifs is 1. The number of carbonyl (C=O) groups is 2. The quantitative estimate of drug-likeness (QED) is 0.127. The normalized spacial score (nSPS) is 11.9. The number of benzene rings is 3. The lowest BCUT2D eigenvalue weighted by atomic mass is 9.97. The van der Waals surface area contributed by atoms with Crippen molar-refractivity contribution in [2.75, 3.05) is 0 Å². The summed E-state index contributed by atoms with van der Waals surface area (Å²) in [6.07, 6.45) is 8.08. The first kappa shape index (κ1) is 26.5. The molecule has 0 radical (unpaired) electrons. The maximum atomic E-state index is 12.9. The number of ketones is 1. The lowest BCUT2D eigenvalue weighted by Gasteiger charge is -2.16. The molecule has 0 aliphatic carbocycles. The van der Waals surface area contributed by atoms with Crippen molar-refractivity contribution in [1.82, 2.24) is 20.3 Å². The largest absolute Gasteiger partial charge is 0.341 e. The number of hydrogen-bond acceptors (Lipinski definition) is 5. The van der Waals surface area contributed by atoms with Gasteiger partial charge in [0.25, 0.3) is 5.91 Å². The smallest absolute Gasteiger partial charge is 0.263 e. The van der Waals surface area contributed by atoms with Gasteiger partial charge in [0.15, 0.2) is 5.78 Å². The van der Waals surface area contributed by atoms with Crippen LogP contribution in [-0.2, 0) is 6.42 Å². The third kappa shape index (κ3) is 6.49. The van der Waals surface area contributed by atoms with Gasteiger partial charge in [-0.3, -0.25) is 14.6 Å². The van der Waals surface area contributed by atoms with Crippen LogP contribution in [0.25, 0.3) is 22.0 Å². The molecule has 5 aromatic rings. The van der Waals surface area contributed by atoms with Gasteiger partial charge in [0, 0.05) is 17.5 Å². The molecule has 2 aromatic heterocycles. The highest BCUT2D eigenvalue weighted by Gasteiger charge is 2.20. The first-order valence-corrected chi connectivity index (χ1v) is 14.3. The number of thiazole rings is 1. The molecule has 2 N–H and O–H groups in total. The van der Waals surface area contributed by atoms with Crippen LogP contribution in [0.4, 0.5) is 0 Å². The van der Waals surface area contributed by atoms with Crippen molar-refractivity contribution in [3.8, 4) is 11.3 Å². The minimum Gasteiger partial charge on any atom is -0.341 e. The maximum Gasteiger partial charge on any atom is 0.263 e. The molecule has 0 fully saturated rings. The van der Waals surface area contributed by atoms with E-state index in [2.05, 4.69) is 57.5 Å². The van der Waals surface area contributed by atoms with Crippen molar-refractivity contribution in [3.63, 3.8) is 0 Å². The number of rotatable bonds is 12. The fourth-order valence-electron chi connectivity index (χ4n) is 4.90. The summed E-state index contributed by atoms with van der Waals surface area (Å²) >= 11 is 1.32. The first-order valence-electron chi connectivity index (χ1n) is 13.5. The first-order chi connectivity index (χ1) is 19.1. The Morgan fingerprint density at radius 1 is 0.949 bits per heavy atom. The van der Waals surface area contributed by atoms with E-state index in [1.807, 2.05) is 42.6 Å². The molecule has 0 saturated heterocycles. The summed E-state index contributed by atoms with van der Waals surface area (Å²) < 4.78 is 0. The molecule has 0 bridgehead atoms. The number of aromatic nitrogens is 3. The molecule has 5 rings (SSSR count). The van der Waals surface area contributed by atoms with Gasteiger partial charge in [0.1, 0.15) is 10.7 Å². The molecule has 198 valence electrons. The Bertz CT molecular complexity index is 1560. The Morgan fingerprint density at radius 3 is 2.59 bits per heavy atom. The molecule has 0 spiro atoms. The number of imidazole rings is 1. The zero-order valence-corrected chi connectivity index (χ0v) is 22.8. The van der Waals surface area contributed by atoms with Gasteiger partial charge in [-0.15, -0.1) is 11.3 Å². The zero-order chi connectivity index (χ0) is 27.0. The van der Waals surface area contributed by atoms with Crippen molar-refractivity contribution in [1.29, 1.82) is 0 Å². The summed E-state index contributed by atoms with van der Waals surface area (Å²) in [5.74, 6) is 0.773. The number of aromatic amines is 1. The average Bonchev–Trinajstić information content (AvgIpc) is 3.69. The van der Waals surface area contributed by atoms with Crippen LogP contribution in [-0.4, -0.2) is 26.6 Å². The van der Waals surface area contributed by atoms with Crippen molar-refractivity contribution in [3.05, 3.63) is 106 Å². The number of hydrogen-bond donors (Lipinski definition) is 2. The van der Waals surface area contributed by atoms with Gasteiger partial charge < -0.3 is 10.3 Å². The van der Waals surface area contributed by atoms with Gasteiger partial charge in [-0.25, -0.2) is 4.98 Å². The maximum absolute atomic E-state index is 12.9. The summed E-state index contributed by atoms with van der Waals surface area (Å²) in [6, 6.07) is 22.2. The summed E-state index contributed by atoms with van der Waals surface area (Å²) in [5, 5.41) is 5.49. The molecule has 1 amide bonds. The van der Waals surface area contributed by atoms with Crippen LogP contribution in [0.2, 0.25) is 0 Å². The standard InChI is InChI=1S/C32H32N4O2S/c1-2-22-10-8-9-13-26(22)29(37)15-5-3-4-14-27(36-32(38)30-20-33-21-39-30)31-34-19-28(35-31)25-17-16-23-11-6-7-12-24(23)18-25/h6-13,16-21,27H,2-5,14-15H2,1H3,(H,34,35)(H,36,38)/t27-/m0/s1. The van der Waals surface area contributed by atoms with Crippen LogP contribution >= 0.6 is 11.3 Å². The van der Waals surface area contributed by atoms with E-state index in [4.69, 9.17) is 0 Å². The molecular formula is C32H32N4O2S. The summed E-state index contributed by atoms with van der Waals surface area (Å²) in [4.78, 5) is 38.4. The molecule has 7 heteroatoms. The van der Waals surface area contributed by atoms with E-state index in [9.17, 15) is 9.59 Å². The molecule has 0 saturated carbocycles. The van der Waals surface area contributed by atoms with Crippen LogP contribution in [0.1, 0.15) is 76.5 Å². The van der Waals surface area contributed by atoms with E-state index in [1.54, 1.807) is 11.7 Å². The van der Waals surface area contributed by atoms with Gasteiger partial charge in [-0.1, -0.05) is 80.4 Å². The second-order valence-electron chi connectivity index (χ2n) is 9.67. The minimum atomic E-state index is -0.273. The second-order valence-corrected chi connectivity index (χ2v) is 10.6. The van der Waals surface area contributed by atoms with Crippen LogP contribution in [0.3, 0.4) is 0 Å². The predicted octanol–water partition coefficient (Wildman–Crippen LogP) is 7.55. The van der Waals surface area contributed by atoms with Gasteiger partial charge in [0.05, 0.1) is 29.6 Å². The van der Waals surface area contributed by atoms with E-state index in [-0.39, 0.29) is 17.7 Å². The third-order valence-corrected chi connectivity index (χ3v) is 7.81. The Kier molecular flexibility index (Phi) is 8.58. The molecule has 0 unspecified atom stereocenters. The highest BCUT2D eigenvalue weighted by Crippen LogP contribution is 2.26. The summed E-state index contributed by atoms with van der Waals surface area (Å²) in [7, 11) is 0. The van der Waals surface area contributed by atoms with E-state index in [1.165, 1.54) is 16.7 Å².